The van der Waals surface area contributed by atoms with Crippen molar-refractivity contribution in [2.45, 2.75) is 32.8 Å². The molecule has 0 bridgehead atoms. The lowest BCUT2D eigenvalue weighted by Crippen LogP contribution is -2.37. The summed E-state index contributed by atoms with van der Waals surface area (Å²) in [5.74, 6) is 0. The fraction of sp³-hybridized carbons (Fsp3) is 0.529. The molecule has 1 aliphatic rings. The molecule has 2 rings (SSSR count). The maximum Gasteiger partial charge on any atom is 0.411 e. The van der Waals surface area contributed by atoms with Crippen LogP contribution in [0.2, 0.25) is 0 Å². The number of carbonyl (C=O) groups is 2. The predicted molar refractivity (Wildman–Crippen MR) is 92.4 cm³/mol. The van der Waals surface area contributed by atoms with E-state index in [0.29, 0.717) is 24.5 Å². The Bertz CT molecular complexity index is 585. The SMILES string of the molecule is CCOC(=O)Nc1cccc(NC(=O)N(C)C[C@@H]2CCCO2)c1C. The smallest absolute Gasteiger partial charge is 0.411 e. The van der Waals surface area contributed by atoms with E-state index >= 15 is 0 Å². The van der Waals surface area contributed by atoms with Crippen molar-refractivity contribution in [2.24, 2.45) is 0 Å². The Morgan fingerprint density at radius 1 is 1.33 bits per heavy atom. The molecule has 0 unspecified atom stereocenters. The first-order valence-corrected chi connectivity index (χ1v) is 8.18. The fourth-order valence-electron chi connectivity index (χ4n) is 2.57. The van der Waals surface area contributed by atoms with Crippen molar-refractivity contribution in [3.05, 3.63) is 23.8 Å². The second-order valence-corrected chi connectivity index (χ2v) is 5.77. The number of ether oxygens (including phenoxy) is 2. The van der Waals surface area contributed by atoms with Gasteiger partial charge in [0.15, 0.2) is 0 Å². The highest BCUT2D eigenvalue weighted by molar-refractivity contribution is 5.93. The Kier molecular flexibility index (Phi) is 6.43. The van der Waals surface area contributed by atoms with Crippen LogP contribution in [-0.2, 0) is 9.47 Å². The van der Waals surface area contributed by atoms with E-state index in [1.807, 2.05) is 6.92 Å². The van der Waals surface area contributed by atoms with Gasteiger partial charge in [-0.2, -0.15) is 0 Å². The molecule has 1 aromatic carbocycles. The minimum absolute atomic E-state index is 0.110. The normalized spacial score (nSPS) is 16.5. The van der Waals surface area contributed by atoms with Crippen LogP contribution in [0.3, 0.4) is 0 Å². The molecule has 132 valence electrons. The first-order valence-electron chi connectivity index (χ1n) is 8.18. The molecule has 0 radical (unpaired) electrons. The van der Waals surface area contributed by atoms with Crippen LogP contribution in [0.4, 0.5) is 21.0 Å². The summed E-state index contributed by atoms with van der Waals surface area (Å²) in [7, 11) is 1.74. The molecular formula is C17H25N3O4. The summed E-state index contributed by atoms with van der Waals surface area (Å²) in [5.41, 5.74) is 2.02. The van der Waals surface area contributed by atoms with Crippen molar-refractivity contribution >= 4 is 23.5 Å². The number of anilines is 2. The number of amides is 3. The highest BCUT2D eigenvalue weighted by Gasteiger charge is 2.20. The van der Waals surface area contributed by atoms with E-state index in [2.05, 4.69) is 10.6 Å². The molecule has 0 aromatic heterocycles. The standard InChI is InChI=1S/C17H25N3O4/c1-4-23-17(22)19-15-9-5-8-14(12(15)2)18-16(21)20(3)11-13-7-6-10-24-13/h5,8-9,13H,4,6-7,10-11H2,1-3H3,(H,18,21)(H,19,22)/t13-/m0/s1. The lowest BCUT2D eigenvalue weighted by atomic mass is 10.1. The number of hydrogen-bond donors (Lipinski definition) is 2. The molecule has 3 amide bonds. The van der Waals surface area contributed by atoms with Gasteiger partial charge in [-0.25, -0.2) is 9.59 Å². The number of likely N-dealkylation sites (N-methyl/N-ethyl adjacent to an activating group) is 1. The highest BCUT2D eigenvalue weighted by Crippen LogP contribution is 2.24. The van der Waals surface area contributed by atoms with Gasteiger partial charge >= 0.3 is 12.1 Å². The van der Waals surface area contributed by atoms with E-state index in [9.17, 15) is 9.59 Å². The van der Waals surface area contributed by atoms with Gasteiger partial charge in [-0.05, 0) is 44.4 Å². The van der Waals surface area contributed by atoms with Gasteiger partial charge < -0.3 is 19.7 Å². The molecule has 7 heteroatoms. The van der Waals surface area contributed by atoms with Crippen molar-refractivity contribution in [3.8, 4) is 0 Å². The molecule has 7 nitrogen and oxygen atoms in total. The number of nitrogens with one attached hydrogen (secondary N) is 2. The second-order valence-electron chi connectivity index (χ2n) is 5.77. The maximum absolute atomic E-state index is 12.3. The summed E-state index contributed by atoms with van der Waals surface area (Å²) in [6, 6.07) is 5.12. The summed E-state index contributed by atoms with van der Waals surface area (Å²) < 4.78 is 10.4. The first kappa shape index (κ1) is 18.1. The Hall–Kier alpha value is -2.28. The van der Waals surface area contributed by atoms with Gasteiger partial charge in [0.05, 0.1) is 12.7 Å². The minimum Gasteiger partial charge on any atom is -0.450 e. The number of hydrogen-bond acceptors (Lipinski definition) is 4. The molecule has 24 heavy (non-hydrogen) atoms. The van der Waals surface area contributed by atoms with Crippen molar-refractivity contribution in [2.75, 3.05) is 37.4 Å². The molecule has 1 atom stereocenters. The van der Waals surface area contributed by atoms with Crippen LogP contribution in [0.5, 0.6) is 0 Å². The predicted octanol–water partition coefficient (Wildman–Crippen LogP) is 3.21. The first-order chi connectivity index (χ1) is 11.5. The van der Waals surface area contributed by atoms with Gasteiger partial charge in [-0.3, -0.25) is 5.32 Å². The van der Waals surface area contributed by atoms with Gasteiger partial charge in [0.1, 0.15) is 0 Å². The summed E-state index contributed by atoms with van der Waals surface area (Å²) in [6.45, 7) is 5.20. The lowest BCUT2D eigenvalue weighted by molar-refractivity contribution is 0.0894. The van der Waals surface area contributed by atoms with Crippen LogP contribution in [0.1, 0.15) is 25.3 Å². The van der Waals surface area contributed by atoms with Gasteiger partial charge in [0.25, 0.3) is 0 Å². The molecule has 0 saturated carbocycles. The van der Waals surface area contributed by atoms with Crippen molar-refractivity contribution in [3.63, 3.8) is 0 Å². The Labute approximate surface area is 142 Å². The molecule has 1 aromatic rings. The van der Waals surface area contributed by atoms with Gasteiger partial charge in [0.2, 0.25) is 0 Å². The molecule has 0 spiro atoms. The summed E-state index contributed by atoms with van der Waals surface area (Å²) in [4.78, 5) is 25.5. The van der Waals surface area contributed by atoms with Crippen LogP contribution < -0.4 is 10.6 Å². The molecule has 1 aliphatic heterocycles. The third-order valence-corrected chi connectivity index (χ3v) is 3.94. The van der Waals surface area contributed by atoms with Gasteiger partial charge in [-0.15, -0.1) is 0 Å². The van der Waals surface area contributed by atoms with Crippen LogP contribution in [0.15, 0.2) is 18.2 Å². The maximum atomic E-state index is 12.3. The van der Waals surface area contributed by atoms with Gasteiger partial charge in [0, 0.05) is 31.6 Å². The Morgan fingerprint density at radius 2 is 2.04 bits per heavy atom. The third-order valence-electron chi connectivity index (χ3n) is 3.94. The average molecular weight is 335 g/mol. The minimum atomic E-state index is -0.514. The van der Waals surface area contributed by atoms with Crippen LogP contribution in [-0.4, -0.2) is 49.9 Å². The average Bonchev–Trinajstić information content (AvgIpc) is 3.04. The van der Waals surface area contributed by atoms with Crippen LogP contribution >= 0.6 is 0 Å². The van der Waals surface area contributed by atoms with E-state index in [0.717, 1.165) is 25.0 Å². The summed E-state index contributed by atoms with van der Waals surface area (Å²) >= 11 is 0. The van der Waals surface area contributed by atoms with Crippen molar-refractivity contribution < 1.29 is 19.1 Å². The highest BCUT2D eigenvalue weighted by atomic mass is 16.5. The summed E-state index contributed by atoms with van der Waals surface area (Å²) in [6.07, 6.45) is 1.62. The van der Waals surface area contributed by atoms with E-state index in [1.165, 1.54) is 0 Å². The molecule has 0 aliphatic carbocycles. The molecule has 2 N–H and O–H groups in total. The monoisotopic (exact) mass is 335 g/mol. The van der Waals surface area contributed by atoms with E-state index in [-0.39, 0.29) is 12.1 Å². The largest absolute Gasteiger partial charge is 0.450 e. The van der Waals surface area contributed by atoms with Gasteiger partial charge in [-0.1, -0.05) is 6.07 Å². The van der Waals surface area contributed by atoms with E-state index < -0.39 is 6.09 Å². The Morgan fingerprint density at radius 3 is 2.67 bits per heavy atom. The lowest BCUT2D eigenvalue weighted by Gasteiger charge is -2.22. The zero-order valence-corrected chi connectivity index (χ0v) is 14.4. The molecule has 1 saturated heterocycles. The zero-order valence-electron chi connectivity index (χ0n) is 14.4. The zero-order chi connectivity index (χ0) is 17.5. The molecule has 1 fully saturated rings. The number of urea groups is 1. The molecule has 1 heterocycles. The Balaban J connectivity index is 1.98. The van der Waals surface area contributed by atoms with E-state index in [1.54, 1.807) is 37.1 Å². The van der Waals surface area contributed by atoms with Crippen LogP contribution in [0.25, 0.3) is 0 Å². The van der Waals surface area contributed by atoms with E-state index in [4.69, 9.17) is 9.47 Å². The topological polar surface area (TPSA) is 79.9 Å². The number of rotatable bonds is 5. The summed E-state index contributed by atoms with van der Waals surface area (Å²) in [5, 5.41) is 5.54. The quantitative estimate of drug-likeness (QED) is 0.866. The number of nitrogens with zero attached hydrogens (tertiary/aromatic N) is 1. The number of carbonyl (C=O) groups excluding carboxylic acids is 2. The van der Waals surface area contributed by atoms with Crippen molar-refractivity contribution in [1.29, 1.82) is 0 Å². The molecular weight excluding hydrogens is 310 g/mol. The van der Waals surface area contributed by atoms with Crippen molar-refractivity contribution in [1.82, 2.24) is 4.90 Å². The fourth-order valence-corrected chi connectivity index (χ4v) is 2.57. The van der Waals surface area contributed by atoms with Crippen LogP contribution in [0, 0.1) is 6.92 Å². The third kappa shape index (κ3) is 4.86. The number of benzene rings is 1. The second kappa shape index (κ2) is 8.54.